The van der Waals surface area contributed by atoms with Gasteiger partial charge in [0.1, 0.15) is 0 Å². The number of hydrogen-bond acceptors (Lipinski definition) is 5. The maximum atomic E-state index is 11.9. The first-order valence-corrected chi connectivity index (χ1v) is 11.7. The van der Waals surface area contributed by atoms with Crippen molar-refractivity contribution >= 4 is 11.9 Å². The molecule has 1 aliphatic rings. The maximum absolute atomic E-state index is 11.9. The van der Waals surface area contributed by atoms with Crippen molar-refractivity contribution in [3.8, 4) is 0 Å². The quantitative estimate of drug-likeness (QED) is 0.270. The fourth-order valence-electron chi connectivity index (χ4n) is 4.01. The van der Waals surface area contributed by atoms with E-state index >= 15 is 0 Å². The molecule has 2 rings (SSSR count). The van der Waals surface area contributed by atoms with Gasteiger partial charge in [0.05, 0.1) is 17.9 Å². The Morgan fingerprint density at radius 2 is 1.80 bits per heavy atom. The molecule has 1 aromatic rings. The van der Waals surface area contributed by atoms with E-state index < -0.39 is 6.29 Å². The fourth-order valence-corrected chi connectivity index (χ4v) is 4.01. The Bertz CT molecular complexity index is 662. The van der Waals surface area contributed by atoms with Gasteiger partial charge >= 0.3 is 11.9 Å². The highest BCUT2D eigenvalue weighted by Crippen LogP contribution is 2.31. The first-order valence-electron chi connectivity index (χ1n) is 11.7. The summed E-state index contributed by atoms with van der Waals surface area (Å²) in [5.74, 6) is 0.490. The summed E-state index contributed by atoms with van der Waals surface area (Å²) < 4.78 is 12.5. The average molecular weight is 421 g/mol. The number of imidazole rings is 1. The predicted octanol–water partition coefficient (Wildman–Crippen LogP) is 5.46. The molecule has 1 heterocycles. The van der Waals surface area contributed by atoms with Gasteiger partial charge in [0.2, 0.25) is 6.29 Å². The number of carbonyl (C=O) groups excluding carboxylic acids is 2. The van der Waals surface area contributed by atoms with Gasteiger partial charge in [-0.1, -0.05) is 40.5 Å². The van der Waals surface area contributed by atoms with Gasteiger partial charge in [0.15, 0.2) is 0 Å². The molecule has 0 saturated heterocycles. The van der Waals surface area contributed by atoms with E-state index in [0.29, 0.717) is 18.4 Å². The number of carbonyl (C=O) groups is 2. The second-order valence-electron chi connectivity index (χ2n) is 9.43. The summed E-state index contributed by atoms with van der Waals surface area (Å²) in [6, 6.07) is 0.617. The van der Waals surface area contributed by atoms with Crippen LogP contribution in [0.3, 0.4) is 0 Å². The van der Waals surface area contributed by atoms with Gasteiger partial charge in [-0.05, 0) is 50.4 Å². The van der Waals surface area contributed by atoms with Crippen LogP contribution in [0.1, 0.15) is 97.7 Å². The lowest BCUT2D eigenvalue weighted by molar-refractivity contribution is -0.186. The van der Waals surface area contributed by atoms with Crippen LogP contribution in [-0.4, -0.2) is 27.8 Å². The molecule has 0 aromatic carbocycles. The van der Waals surface area contributed by atoms with E-state index in [1.54, 1.807) is 20.8 Å². The van der Waals surface area contributed by atoms with Crippen molar-refractivity contribution in [1.82, 2.24) is 9.55 Å². The molecule has 1 unspecified atom stereocenters. The van der Waals surface area contributed by atoms with Crippen LogP contribution >= 0.6 is 0 Å². The van der Waals surface area contributed by atoms with Crippen LogP contribution in [0.5, 0.6) is 0 Å². The molecule has 1 fully saturated rings. The minimum atomic E-state index is -0.825. The van der Waals surface area contributed by atoms with Crippen LogP contribution in [0.2, 0.25) is 0 Å². The number of unbranched alkanes of at least 4 members (excludes halogenated alkanes) is 1. The molecule has 1 aliphatic carbocycles. The van der Waals surface area contributed by atoms with E-state index in [1.807, 2.05) is 6.33 Å². The largest absolute Gasteiger partial charge is 0.425 e. The third-order valence-corrected chi connectivity index (χ3v) is 6.00. The normalized spacial score (nSPS) is 21.3. The molecule has 6 heteroatoms. The van der Waals surface area contributed by atoms with Crippen molar-refractivity contribution in [2.24, 2.45) is 17.8 Å². The van der Waals surface area contributed by atoms with Crippen molar-refractivity contribution in [2.75, 3.05) is 0 Å². The molecule has 0 bridgehead atoms. The number of aromatic nitrogens is 2. The highest BCUT2D eigenvalue weighted by Gasteiger charge is 2.20. The van der Waals surface area contributed by atoms with Gasteiger partial charge in [0.25, 0.3) is 0 Å². The smallest absolute Gasteiger partial charge is 0.311 e. The van der Waals surface area contributed by atoms with E-state index in [4.69, 9.17) is 9.47 Å². The Kier molecular flexibility index (Phi) is 9.86. The molecule has 170 valence electrons. The van der Waals surface area contributed by atoms with Gasteiger partial charge < -0.3 is 14.0 Å². The van der Waals surface area contributed by atoms with Gasteiger partial charge in [-0.2, -0.15) is 0 Å². The number of esters is 2. The summed E-state index contributed by atoms with van der Waals surface area (Å²) >= 11 is 0. The van der Waals surface area contributed by atoms with Crippen molar-refractivity contribution in [3.63, 3.8) is 0 Å². The summed E-state index contributed by atoms with van der Waals surface area (Å²) in [6.45, 7) is 9.66. The molecular weight excluding hydrogens is 380 g/mol. The fraction of sp³-hybridized carbons (Fsp3) is 0.792. The van der Waals surface area contributed by atoms with Gasteiger partial charge in [-0.3, -0.25) is 9.59 Å². The number of hydrogen-bond donors (Lipinski definition) is 0. The molecule has 1 saturated carbocycles. The summed E-state index contributed by atoms with van der Waals surface area (Å²) in [7, 11) is 0. The average Bonchev–Trinajstić information content (AvgIpc) is 3.14. The Morgan fingerprint density at radius 3 is 2.47 bits per heavy atom. The summed E-state index contributed by atoms with van der Waals surface area (Å²) in [4.78, 5) is 28.0. The highest BCUT2D eigenvalue weighted by molar-refractivity contribution is 5.72. The topological polar surface area (TPSA) is 70.4 Å². The summed E-state index contributed by atoms with van der Waals surface area (Å²) in [6.07, 6.45) is 12.7. The summed E-state index contributed by atoms with van der Waals surface area (Å²) in [5.41, 5.74) is 1.17. The molecule has 6 nitrogen and oxygen atoms in total. The lowest BCUT2D eigenvalue weighted by Crippen LogP contribution is -2.24. The van der Waals surface area contributed by atoms with Gasteiger partial charge in [0, 0.05) is 25.6 Å². The lowest BCUT2D eigenvalue weighted by atomic mass is 9.87. The molecule has 2 atom stereocenters. The van der Waals surface area contributed by atoms with Crippen molar-refractivity contribution in [1.29, 1.82) is 0 Å². The molecule has 1 aromatic heterocycles. The molecule has 0 aliphatic heterocycles. The molecule has 0 spiro atoms. The van der Waals surface area contributed by atoms with E-state index in [2.05, 4.69) is 29.6 Å². The van der Waals surface area contributed by atoms with Crippen LogP contribution in [0.15, 0.2) is 12.5 Å². The minimum Gasteiger partial charge on any atom is -0.425 e. The summed E-state index contributed by atoms with van der Waals surface area (Å²) in [5, 5.41) is 0. The monoisotopic (exact) mass is 420 g/mol. The van der Waals surface area contributed by atoms with Crippen molar-refractivity contribution in [3.05, 3.63) is 18.2 Å². The van der Waals surface area contributed by atoms with E-state index in [0.717, 1.165) is 31.6 Å². The van der Waals surface area contributed by atoms with Crippen LogP contribution in [0.25, 0.3) is 0 Å². The maximum Gasteiger partial charge on any atom is 0.311 e. The standard InChI is InChI=1S/C24H40N2O4/c1-17(2)24(28)30-20(5)29-23(27)9-7-6-8-19(4)14-21-15-26(16-25-21)22-12-10-18(3)11-13-22/h15-20,22H,6-14H2,1-5H3/t18?,19-,20?,22?/m0/s1. The van der Waals surface area contributed by atoms with E-state index in [-0.39, 0.29) is 17.9 Å². The Hall–Kier alpha value is -1.85. The van der Waals surface area contributed by atoms with Crippen LogP contribution in [0, 0.1) is 17.8 Å². The molecule has 30 heavy (non-hydrogen) atoms. The highest BCUT2D eigenvalue weighted by atomic mass is 16.7. The van der Waals surface area contributed by atoms with E-state index in [1.165, 1.54) is 31.4 Å². The van der Waals surface area contributed by atoms with E-state index in [9.17, 15) is 9.59 Å². The van der Waals surface area contributed by atoms with Crippen molar-refractivity contribution in [2.45, 2.75) is 105 Å². The van der Waals surface area contributed by atoms with Gasteiger partial charge in [-0.25, -0.2) is 4.98 Å². The minimum absolute atomic E-state index is 0.231. The number of nitrogens with zero attached hydrogens (tertiary/aromatic N) is 2. The SMILES string of the molecule is CC1CCC(n2cnc(C[C@@H](C)CCCCC(=O)OC(C)OC(=O)C(C)C)c2)CC1. The molecule has 0 N–H and O–H groups in total. The third kappa shape index (κ3) is 8.49. The van der Waals surface area contributed by atoms with Crippen LogP contribution in [-0.2, 0) is 25.5 Å². The third-order valence-electron chi connectivity index (χ3n) is 6.00. The molecule has 0 amide bonds. The first kappa shape index (κ1) is 24.4. The first-order chi connectivity index (χ1) is 14.2. The second-order valence-corrected chi connectivity index (χ2v) is 9.43. The zero-order chi connectivity index (χ0) is 22.1. The zero-order valence-corrected chi connectivity index (χ0v) is 19.4. The Balaban J connectivity index is 1.60. The van der Waals surface area contributed by atoms with Crippen molar-refractivity contribution < 1.29 is 19.1 Å². The predicted molar refractivity (Wildman–Crippen MR) is 117 cm³/mol. The number of ether oxygens (including phenoxy) is 2. The lowest BCUT2D eigenvalue weighted by Gasteiger charge is -2.26. The van der Waals surface area contributed by atoms with Crippen LogP contribution < -0.4 is 0 Å². The zero-order valence-electron chi connectivity index (χ0n) is 19.4. The molecule has 0 radical (unpaired) electrons. The number of rotatable bonds is 11. The second kappa shape index (κ2) is 12.1. The Labute approximate surface area is 181 Å². The molecular formula is C24H40N2O4. The Morgan fingerprint density at radius 1 is 1.10 bits per heavy atom. The van der Waals surface area contributed by atoms with Crippen LogP contribution in [0.4, 0.5) is 0 Å². The van der Waals surface area contributed by atoms with Gasteiger partial charge in [-0.15, -0.1) is 0 Å².